The molecule has 0 aliphatic carbocycles. The van der Waals surface area contributed by atoms with Crippen molar-refractivity contribution in [2.45, 2.75) is 156 Å². The lowest BCUT2D eigenvalue weighted by Crippen LogP contribution is -1.80. The number of rotatable bonds is 18. The van der Waals surface area contributed by atoms with Crippen LogP contribution in [-0.2, 0) is 4.57 Å². The van der Waals surface area contributed by atoms with Gasteiger partial charge in [-0.1, -0.05) is 156 Å². The quantitative estimate of drug-likeness (QED) is 0.147. The van der Waals surface area contributed by atoms with Gasteiger partial charge in [-0.15, -0.1) is 0 Å². The minimum atomic E-state index is -4.64. The molecule has 0 aliphatic heterocycles. The minimum absolute atomic E-state index is 1.37. The summed E-state index contributed by atoms with van der Waals surface area (Å²) in [7, 11) is -4.64. The molecule has 0 radical (unpaired) electrons. The Morgan fingerprint density at radius 2 is 0.483 bits per heavy atom. The van der Waals surface area contributed by atoms with Crippen molar-refractivity contribution in [1.29, 1.82) is 0 Å². The average Bonchev–Trinajstić information content (AvgIpc) is 2.65. The zero-order valence-electron chi connectivity index (χ0n) is 20.3. The Hall–Kier alpha value is 0.110. The molecule has 0 heterocycles. The van der Waals surface area contributed by atoms with Crippen molar-refractivity contribution in [2.75, 3.05) is 0 Å². The molecule has 0 aromatic carbocycles. The van der Waals surface area contributed by atoms with E-state index < -0.39 is 7.82 Å². The molecule has 0 aromatic heterocycles. The van der Waals surface area contributed by atoms with Gasteiger partial charge in [0.15, 0.2) is 0 Å². The van der Waals surface area contributed by atoms with Crippen LogP contribution in [0.4, 0.5) is 0 Å². The number of hydrogen-bond acceptors (Lipinski definition) is 1. The first-order chi connectivity index (χ1) is 13.8. The third kappa shape index (κ3) is 58.4. The number of unbranched alkanes of at least 4 members (excludes halogenated alkanes) is 18. The zero-order chi connectivity index (χ0) is 22.6. The molecule has 0 aromatic rings. The summed E-state index contributed by atoms with van der Waals surface area (Å²) < 4.78 is 8.88. The Balaban J connectivity index is -0.000000380. The molecule has 0 rings (SSSR count). The van der Waals surface area contributed by atoms with Gasteiger partial charge in [0.2, 0.25) is 0 Å². The molecule has 0 fully saturated rings. The molecule has 0 spiro atoms. The largest absolute Gasteiger partial charge is 0.466 e. The van der Waals surface area contributed by atoms with Crippen LogP contribution in [0.2, 0.25) is 0 Å². The molecular formula is C24H55O4P. The highest BCUT2D eigenvalue weighted by atomic mass is 31.2. The van der Waals surface area contributed by atoms with E-state index in [1.54, 1.807) is 0 Å². The lowest BCUT2D eigenvalue weighted by molar-refractivity contribution is 0.275. The molecule has 5 heteroatoms. The molecule has 0 atom stereocenters. The van der Waals surface area contributed by atoms with Gasteiger partial charge in [-0.25, -0.2) is 4.57 Å². The van der Waals surface area contributed by atoms with E-state index in [0.29, 0.717) is 0 Å². The van der Waals surface area contributed by atoms with Crippen LogP contribution in [-0.4, -0.2) is 14.7 Å². The van der Waals surface area contributed by atoms with Crippen LogP contribution in [0.15, 0.2) is 0 Å². The number of hydrogen-bond donors (Lipinski definition) is 3. The van der Waals surface area contributed by atoms with Gasteiger partial charge in [0.05, 0.1) is 0 Å². The molecule has 0 amide bonds. The maximum absolute atomic E-state index is 8.88. The Morgan fingerprint density at radius 1 is 0.379 bits per heavy atom. The summed E-state index contributed by atoms with van der Waals surface area (Å²) in [4.78, 5) is 21.6. The summed E-state index contributed by atoms with van der Waals surface area (Å²) in [6.07, 6.45) is 28.9. The smallest absolute Gasteiger partial charge is 0.303 e. The highest BCUT2D eigenvalue weighted by Crippen LogP contribution is 2.25. The minimum Gasteiger partial charge on any atom is -0.303 e. The summed E-state index contributed by atoms with van der Waals surface area (Å²) in [5, 5.41) is 0. The molecule has 0 saturated carbocycles. The van der Waals surface area contributed by atoms with Crippen molar-refractivity contribution in [1.82, 2.24) is 0 Å². The van der Waals surface area contributed by atoms with E-state index >= 15 is 0 Å². The molecule has 0 aliphatic rings. The van der Waals surface area contributed by atoms with E-state index in [1.807, 2.05) is 0 Å². The lowest BCUT2D eigenvalue weighted by atomic mass is 10.1. The summed E-state index contributed by atoms with van der Waals surface area (Å²) >= 11 is 0. The molecule has 0 bridgehead atoms. The third-order valence-corrected chi connectivity index (χ3v) is 4.91. The van der Waals surface area contributed by atoms with E-state index in [2.05, 4.69) is 27.7 Å². The molecular weight excluding hydrogens is 383 g/mol. The van der Waals surface area contributed by atoms with E-state index in [-0.39, 0.29) is 0 Å². The average molecular weight is 439 g/mol. The predicted octanol–water partition coefficient (Wildman–Crippen LogP) is 8.93. The summed E-state index contributed by atoms with van der Waals surface area (Å²) in [6, 6.07) is 0. The molecule has 180 valence electrons. The normalized spacial score (nSPS) is 10.7. The first-order valence-electron chi connectivity index (χ1n) is 12.6. The highest BCUT2D eigenvalue weighted by molar-refractivity contribution is 7.45. The van der Waals surface area contributed by atoms with Gasteiger partial charge in [0.25, 0.3) is 0 Å². The molecule has 4 nitrogen and oxygen atoms in total. The standard InChI is InChI=1S/2C12H26.H3O4P/c2*1-3-5-7-9-11-12-10-8-6-4-2;1-5(2,3)4/h2*3-12H2,1-2H3;(H3,1,2,3,4). The molecule has 3 N–H and O–H groups in total. The monoisotopic (exact) mass is 438 g/mol. The van der Waals surface area contributed by atoms with Crippen molar-refractivity contribution in [3.8, 4) is 0 Å². The van der Waals surface area contributed by atoms with Gasteiger partial charge in [0.1, 0.15) is 0 Å². The Labute approximate surface area is 183 Å². The van der Waals surface area contributed by atoms with Gasteiger partial charge in [-0.2, -0.15) is 0 Å². The second-order valence-electron chi connectivity index (χ2n) is 8.17. The fourth-order valence-electron chi connectivity index (χ4n) is 3.12. The van der Waals surface area contributed by atoms with Gasteiger partial charge >= 0.3 is 7.82 Å². The molecule has 0 saturated heterocycles. The van der Waals surface area contributed by atoms with Crippen LogP contribution in [0.5, 0.6) is 0 Å². The first kappa shape index (κ1) is 33.7. The van der Waals surface area contributed by atoms with Crippen molar-refractivity contribution in [3.05, 3.63) is 0 Å². The fourth-order valence-corrected chi connectivity index (χ4v) is 3.12. The van der Waals surface area contributed by atoms with Gasteiger partial charge in [0, 0.05) is 0 Å². The van der Waals surface area contributed by atoms with Crippen molar-refractivity contribution in [2.24, 2.45) is 0 Å². The lowest BCUT2D eigenvalue weighted by Gasteiger charge is -1.99. The van der Waals surface area contributed by atoms with Crippen LogP contribution < -0.4 is 0 Å². The number of phosphoric acid groups is 1. The summed E-state index contributed by atoms with van der Waals surface area (Å²) in [5.41, 5.74) is 0. The topological polar surface area (TPSA) is 77.8 Å². The van der Waals surface area contributed by atoms with E-state index in [9.17, 15) is 0 Å². The first-order valence-corrected chi connectivity index (χ1v) is 14.2. The molecule has 0 unspecified atom stereocenters. The summed E-state index contributed by atoms with van der Waals surface area (Å²) in [5.74, 6) is 0. The fraction of sp³-hybridized carbons (Fsp3) is 1.00. The van der Waals surface area contributed by atoms with E-state index in [4.69, 9.17) is 19.2 Å². The van der Waals surface area contributed by atoms with Crippen LogP contribution in [0, 0.1) is 0 Å². The highest BCUT2D eigenvalue weighted by Gasteiger charge is 2.00. The van der Waals surface area contributed by atoms with Gasteiger partial charge < -0.3 is 14.7 Å². The zero-order valence-corrected chi connectivity index (χ0v) is 21.2. The van der Waals surface area contributed by atoms with Crippen LogP contribution >= 0.6 is 7.82 Å². The second kappa shape index (κ2) is 30.3. The predicted molar refractivity (Wildman–Crippen MR) is 129 cm³/mol. The Kier molecular flexibility index (Phi) is 35.3. The van der Waals surface area contributed by atoms with Gasteiger partial charge in [-0.05, 0) is 0 Å². The van der Waals surface area contributed by atoms with Crippen LogP contribution in [0.25, 0.3) is 0 Å². The Bertz CT molecular complexity index is 257. The third-order valence-electron chi connectivity index (χ3n) is 4.91. The SMILES string of the molecule is CCCCCCCCCCCC.CCCCCCCCCCCC.O=P(O)(O)O. The van der Waals surface area contributed by atoms with Crippen molar-refractivity contribution >= 4 is 7.82 Å². The van der Waals surface area contributed by atoms with Crippen LogP contribution in [0.3, 0.4) is 0 Å². The van der Waals surface area contributed by atoms with Crippen LogP contribution in [0.1, 0.15) is 156 Å². The van der Waals surface area contributed by atoms with Gasteiger partial charge in [-0.3, -0.25) is 0 Å². The Morgan fingerprint density at radius 3 is 0.586 bits per heavy atom. The molecule has 29 heavy (non-hydrogen) atoms. The summed E-state index contributed by atoms with van der Waals surface area (Å²) in [6.45, 7) is 9.12. The van der Waals surface area contributed by atoms with E-state index in [0.717, 1.165) is 0 Å². The van der Waals surface area contributed by atoms with Crippen molar-refractivity contribution < 1.29 is 19.2 Å². The second-order valence-corrected chi connectivity index (χ2v) is 9.20. The maximum atomic E-state index is 8.88. The van der Waals surface area contributed by atoms with Crippen molar-refractivity contribution in [3.63, 3.8) is 0 Å². The maximum Gasteiger partial charge on any atom is 0.466 e. The van der Waals surface area contributed by atoms with E-state index in [1.165, 1.54) is 128 Å².